The van der Waals surface area contributed by atoms with Crippen molar-refractivity contribution in [2.24, 2.45) is 0 Å². The van der Waals surface area contributed by atoms with Gasteiger partial charge in [-0.25, -0.2) is 4.98 Å². The number of fused-ring (bicyclic) bond motifs is 1. The van der Waals surface area contributed by atoms with Gasteiger partial charge in [0.15, 0.2) is 11.5 Å². The quantitative estimate of drug-likeness (QED) is 0.696. The summed E-state index contributed by atoms with van der Waals surface area (Å²) in [6.45, 7) is 1.84. The molecule has 0 aliphatic rings. The molecule has 6 nitrogen and oxygen atoms in total. The maximum Gasteiger partial charge on any atom is 0.177 e. The Morgan fingerprint density at radius 2 is 1.76 bits per heavy atom. The average molecular weight is 305 g/mol. The number of aryl methyl sites for hydroxylation is 1. The van der Waals surface area contributed by atoms with Crippen molar-refractivity contribution >= 4 is 17.2 Å². The van der Waals surface area contributed by atoms with Gasteiger partial charge in [0.25, 0.3) is 0 Å². The van der Waals surface area contributed by atoms with Gasteiger partial charge in [-0.1, -0.05) is 17.7 Å². The molecule has 0 aliphatic carbocycles. The summed E-state index contributed by atoms with van der Waals surface area (Å²) in [5, 5.41) is 8.76. The van der Waals surface area contributed by atoms with Crippen molar-refractivity contribution in [3.05, 3.63) is 35.2 Å². The van der Waals surface area contributed by atoms with Crippen LogP contribution in [-0.2, 0) is 0 Å². The number of hydrogen-bond acceptors (Lipinski definition) is 5. The number of nitrogens with zero attached hydrogens (tertiary/aromatic N) is 4. The van der Waals surface area contributed by atoms with E-state index in [0.29, 0.717) is 33.9 Å². The summed E-state index contributed by atoms with van der Waals surface area (Å²) >= 11 is 5.95. The fourth-order valence-corrected chi connectivity index (χ4v) is 2.51. The predicted molar refractivity (Wildman–Crippen MR) is 79.1 cm³/mol. The minimum atomic E-state index is 0.381. The number of aromatic nitrogens is 4. The third kappa shape index (κ3) is 2.17. The van der Waals surface area contributed by atoms with E-state index in [0.717, 1.165) is 5.56 Å². The molecule has 0 saturated heterocycles. The number of hydrogen-bond donors (Lipinski definition) is 0. The molecule has 0 unspecified atom stereocenters. The lowest BCUT2D eigenvalue weighted by Gasteiger charge is -2.12. The van der Waals surface area contributed by atoms with Crippen LogP contribution in [0, 0.1) is 6.92 Å². The Balaban J connectivity index is 2.36. The highest BCUT2D eigenvalue weighted by atomic mass is 35.5. The molecule has 0 spiro atoms. The van der Waals surface area contributed by atoms with E-state index in [-0.39, 0.29) is 0 Å². The summed E-state index contributed by atoms with van der Waals surface area (Å²) in [5.74, 6) is 2.59. The van der Waals surface area contributed by atoms with Crippen LogP contribution < -0.4 is 9.47 Å². The third-order valence-electron chi connectivity index (χ3n) is 3.18. The number of ether oxygens (including phenoxy) is 2. The smallest absolute Gasteiger partial charge is 0.177 e. The average Bonchev–Trinajstić information content (AvgIpc) is 2.89. The topological polar surface area (TPSA) is 61.5 Å². The molecule has 3 aromatic rings. The van der Waals surface area contributed by atoms with Crippen molar-refractivity contribution in [2.75, 3.05) is 14.2 Å². The zero-order valence-electron chi connectivity index (χ0n) is 11.8. The Hall–Kier alpha value is -2.34. The number of rotatable bonds is 3. The molecule has 0 N–H and O–H groups in total. The lowest BCUT2D eigenvalue weighted by molar-refractivity contribution is 0.396. The second-order valence-corrected chi connectivity index (χ2v) is 4.77. The highest BCUT2D eigenvalue weighted by Crippen LogP contribution is 2.37. The molecule has 0 fully saturated rings. The Morgan fingerprint density at radius 3 is 2.38 bits per heavy atom. The summed E-state index contributed by atoms with van der Waals surface area (Å²) in [6, 6.07) is 7.20. The van der Waals surface area contributed by atoms with Gasteiger partial charge in [0.2, 0.25) is 0 Å². The highest BCUT2D eigenvalue weighted by molar-refractivity contribution is 6.29. The molecule has 0 radical (unpaired) electrons. The summed E-state index contributed by atoms with van der Waals surface area (Å²) in [6.07, 6.45) is 0. The molecule has 108 valence electrons. The predicted octanol–water partition coefficient (Wildman–Crippen LogP) is 2.77. The van der Waals surface area contributed by atoms with E-state index < -0.39 is 0 Å². The Kier molecular flexibility index (Phi) is 3.39. The lowest BCUT2D eigenvalue weighted by atomic mass is 10.1. The molecule has 0 aliphatic heterocycles. The van der Waals surface area contributed by atoms with E-state index in [1.807, 2.05) is 29.5 Å². The minimum Gasteiger partial charge on any atom is -0.496 e. The van der Waals surface area contributed by atoms with Crippen LogP contribution in [0.4, 0.5) is 0 Å². The van der Waals surface area contributed by atoms with Crippen molar-refractivity contribution in [1.82, 2.24) is 19.6 Å². The third-order valence-corrected chi connectivity index (χ3v) is 3.37. The van der Waals surface area contributed by atoms with Crippen LogP contribution >= 0.6 is 11.6 Å². The molecular weight excluding hydrogens is 292 g/mol. The summed E-state index contributed by atoms with van der Waals surface area (Å²) in [5.41, 5.74) is 1.35. The van der Waals surface area contributed by atoms with Crippen LogP contribution in [0.5, 0.6) is 11.5 Å². The zero-order valence-corrected chi connectivity index (χ0v) is 12.5. The summed E-state index contributed by atoms with van der Waals surface area (Å²) < 4.78 is 12.6. The zero-order chi connectivity index (χ0) is 15.0. The second kappa shape index (κ2) is 5.21. The first kappa shape index (κ1) is 13.6. The monoisotopic (exact) mass is 304 g/mol. The minimum absolute atomic E-state index is 0.381. The van der Waals surface area contributed by atoms with Crippen LogP contribution in [0.3, 0.4) is 0 Å². The Labute approximate surface area is 126 Å². The van der Waals surface area contributed by atoms with Gasteiger partial charge in [0.05, 0.1) is 14.2 Å². The van der Waals surface area contributed by atoms with E-state index in [1.54, 1.807) is 20.3 Å². The van der Waals surface area contributed by atoms with Crippen molar-refractivity contribution in [3.63, 3.8) is 0 Å². The first-order valence-corrected chi connectivity index (χ1v) is 6.63. The van der Waals surface area contributed by atoms with Crippen LogP contribution in [0.2, 0.25) is 5.15 Å². The maximum absolute atomic E-state index is 5.95. The maximum atomic E-state index is 5.95. The molecule has 3 rings (SSSR count). The van der Waals surface area contributed by atoms with Gasteiger partial charge in [0, 0.05) is 6.07 Å². The van der Waals surface area contributed by atoms with E-state index in [1.165, 1.54) is 0 Å². The van der Waals surface area contributed by atoms with Gasteiger partial charge < -0.3 is 9.47 Å². The molecule has 1 aromatic carbocycles. The molecule has 0 saturated carbocycles. The largest absolute Gasteiger partial charge is 0.496 e. The fraction of sp³-hybridized carbons (Fsp3) is 0.214. The highest BCUT2D eigenvalue weighted by Gasteiger charge is 2.19. The van der Waals surface area contributed by atoms with Gasteiger partial charge in [0.1, 0.15) is 28.0 Å². The van der Waals surface area contributed by atoms with Crippen LogP contribution in [0.1, 0.15) is 5.82 Å². The van der Waals surface area contributed by atoms with E-state index >= 15 is 0 Å². The van der Waals surface area contributed by atoms with E-state index in [4.69, 9.17) is 21.1 Å². The molecule has 0 atom stereocenters. The van der Waals surface area contributed by atoms with E-state index in [9.17, 15) is 0 Å². The summed E-state index contributed by atoms with van der Waals surface area (Å²) in [4.78, 5) is 4.24. The normalized spacial score (nSPS) is 10.9. The molecule has 21 heavy (non-hydrogen) atoms. The first-order valence-electron chi connectivity index (χ1n) is 6.25. The van der Waals surface area contributed by atoms with Gasteiger partial charge in [-0.3, -0.25) is 4.40 Å². The molecule has 7 heteroatoms. The SMILES string of the molecule is COc1cccc(OC)c1-c1nnc2cc(Cl)nc(C)n12. The number of benzene rings is 1. The van der Waals surface area contributed by atoms with Crippen LogP contribution in [-0.4, -0.2) is 33.8 Å². The number of halogens is 1. The first-order chi connectivity index (χ1) is 10.2. The second-order valence-electron chi connectivity index (χ2n) is 4.38. The van der Waals surface area contributed by atoms with Crippen molar-refractivity contribution < 1.29 is 9.47 Å². The van der Waals surface area contributed by atoms with Gasteiger partial charge in [-0.15, -0.1) is 10.2 Å². The van der Waals surface area contributed by atoms with Crippen LogP contribution in [0.25, 0.3) is 17.0 Å². The van der Waals surface area contributed by atoms with E-state index in [2.05, 4.69) is 15.2 Å². The van der Waals surface area contributed by atoms with Gasteiger partial charge in [-0.05, 0) is 19.1 Å². The van der Waals surface area contributed by atoms with Crippen LogP contribution in [0.15, 0.2) is 24.3 Å². The Bertz CT molecular complexity index is 794. The van der Waals surface area contributed by atoms with Crippen molar-refractivity contribution in [2.45, 2.75) is 6.92 Å². The number of methoxy groups -OCH3 is 2. The van der Waals surface area contributed by atoms with Crippen molar-refractivity contribution in [1.29, 1.82) is 0 Å². The van der Waals surface area contributed by atoms with Gasteiger partial charge >= 0.3 is 0 Å². The Morgan fingerprint density at radius 1 is 1.10 bits per heavy atom. The molecule has 0 amide bonds. The molecular formula is C14H13ClN4O2. The fourth-order valence-electron chi connectivity index (χ4n) is 2.29. The molecule has 2 heterocycles. The molecule has 0 bridgehead atoms. The summed E-state index contributed by atoms with van der Waals surface area (Å²) in [7, 11) is 3.20. The van der Waals surface area contributed by atoms with Crippen molar-refractivity contribution in [3.8, 4) is 22.9 Å². The van der Waals surface area contributed by atoms with Gasteiger partial charge in [-0.2, -0.15) is 0 Å². The lowest BCUT2D eigenvalue weighted by Crippen LogP contribution is -2.01. The molecule has 2 aromatic heterocycles. The standard InChI is InChI=1S/C14H13ClN4O2/c1-8-16-11(15)7-12-17-18-14(19(8)12)13-9(20-2)5-4-6-10(13)21-3/h4-7H,1-3H3.